The van der Waals surface area contributed by atoms with E-state index >= 15 is 0 Å². The van der Waals surface area contributed by atoms with Crippen LogP contribution in [0.5, 0.6) is 0 Å². The second-order valence-corrected chi connectivity index (χ2v) is 5.18. The number of nitrogens with two attached hydrogens (primary N) is 1. The summed E-state index contributed by atoms with van der Waals surface area (Å²) in [4.78, 5) is 0. The van der Waals surface area contributed by atoms with E-state index in [9.17, 15) is 4.39 Å². The molecule has 88 valence electrons. The Hall–Kier alpha value is -1.15. The fraction of sp³-hybridized carbons (Fsp3) is 0.429. The fourth-order valence-corrected chi connectivity index (χ4v) is 1.58. The van der Waals surface area contributed by atoms with Crippen molar-refractivity contribution in [2.75, 3.05) is 0 Å². The summed E-state index contributed by atoms with van der Waals surface area (Å²) in [6, 6.07) is 6.54. The summed E-state index contributed by atoms with van der Waals surface area (Å²) < 4.78 is 13.4. The highest BCUT2D eigenvalue weighted by Gasteiger charge is 2.21. The van der Waals surface area contributed by atoms with Gasteiger partial charge in [0.1, 0.15) is 5.82 Å². The highest BCUT2D eigenvalue weighted by molar-refractivity contribution is 5.23. The van der Waals surface area contributed by atoms with Crippen LogP contribution in [0.3, 0.4) is 0 Å². The van der Waals surface area contributed by atoms with E-state index in [1.807, 2.05) is 6.07 Å². The summed E-state index contributed by atoms with van der Waals surface area (Å²) >= 11 is 0. The Labute approximate surface area is 97.2 Å². The van der Waals surface area contributed by atoms with Crippen molar-refractivity contribution in [3.8, 4) is 0 Å². The van der Waals surface area contributed by atoms with Crippen LogP contribution in [0.2, 0.25) is 0 Å². The van der Waals surface area contributed by atoms with Crippen molar-refractivity contribution >= 4 is 0 Å². The minimum Gasteiger partial charge on any atom is -0.324 e. The summed E-state index contributed by atoms with van der Waals surface area (Å²) in [6.45, 7) is 10.2. The van der Waals surface area contributed by atoms with Crippen molar-refractivity contribution in [1.29, 1.82) is 0 Å². The fourth-order valence-electron chi connectivity index (χ4n) is 1.58. The summed E-state index contributed by atoms with van der Waals surface area (Å²) in [5.74, 6) is -0.195. The highest BCUT2D eigenvalue weighted by Crippen LogP contribution is 2.27. The lowest BCUT2D eigenvalue weighted by Gasteiger charge is -2.27. The Morgan fingerprint density at radius 1 is 1.38 bits per heavy atom. The molecule has 0 saturated heterocycles. The van der Waals surface area contributed by atoms with Crippen LogP contribution in [0.25, 0.3) is 0 Å². The zero-order chi connectivity index (χ0) is 12.3. The van der Waals surface area contributed by atoms with Crippen molar-refractivity contribution in [3.63, 3.8) is 0 Å². The number of hydrogen-bond donors (Lipinski definition) is 1. The van der Waals surface area contributed by atoms with Crippen molar-refractivity contribution in [2.45, 2.75) is 33.2 Å². The zero-order valence-electron chi connectivity index (χ0n) is 10.3. The number of rotatable bonds is 3. The highest BCUT2D eigenvalue weighted by atomic mass is 19.1. The predicted octanol–water partition coefficient (Wildman–Crippen LogP) is 3.30. The van der Waals surface area contributed by atoms with Crippen molar-refractivity contribution in [3.05, 3.63) is 47.8 Å². The molecule has 0 aliphatic rings. The number of hydrogen-bond acceptors (Lipinski definition) is 1. The monoisotopic (exact) mass is 221 g/mol. The Kier molecular flexibility index (Phi) is 3.87. The molecule has 1 aromatic rings. The van der Waals surface area contributed by atoms with Crippen LogP contribution in [0.15, 0.2) is 36.4 Å². The normalized spacial score (nSPS) is 13.6. The Bertz CT molecular complexity index is 377. The van der Waals surface area contributed by atoms with E-state index in [1.54, 1.807) is 12.1 Å². The third-order valence-corrected chi connectivity index (χ3v) is 2.81. The standard InChI is InChI=1S/C14H20FN/c1-10(14(2,3)4)13(16)9-11-7-5-6-8-12(11)15/h5-8,13H,1,9,16H2,2-4H3/t13-/m1/s1. The van der Waals surface area contributed by atoms with Gasteiger partial charge in [-0.3, -0.25) is 0 Å². The molecule has 0 radical (unpaired) electrons. The maximum absolute atomic E-state index is 13.4. The minimum atomic E-state index is -0.197. The molecule has 0 unspecified atom stereocenters. The minimum absolute atomic E-state index is 0.0370. The van der Waals surface area contributed by atoms with Crippen LogP contribution >= 0.6 is 0 Å². The number of halogens is 1. The average Bonchev–Trinajstić information content (AvgIpc) is 2.19. The molecule has 0 spiro atoms. The van der Waals surface area contributed by atoms with Crippen LogP contribution in [-0.2, 0) is 6.42 Å². The lowest BCUT2D eigenvalue weighted by molar-refractivity contribution is 0.459. The van der Waals surface area contributed by atoms with E-state index in [0.717, 1.165) is 5.57 Å². The Balaban J connectivity index is 2.76. The SMILES string of the molecule is C=C([C@H](N)Cc1ccccc1F)C(C)(C)C. The molecular formula is C14H20FN. The molecule has 1 atom stereocenters. The smallest absolute Gasteiger partial charge is 0.126 e. The van der Waals surface area contributed by atoms with E-state index in [0.29, 0.717) is 12.0 Å². The molecular weight excluding hydrogens is 201 g/mol. The van der Waals surface area contributed by atoms with Gasteiger partial charge in [-0.25, -0.2) is 4.39 Å². The molecule has 0 saturated carbocycles. The van der Waals surface area contributed by atoms with Crippen molar-refractivity contribution < 1.29 is 4.39 Å². The first-order chi connectivity index (χ1) is 7.32. The second-order valence-electron chi connectivity index (χ2n) is 5.18. The first-order valence-corrected chi connectivity index (χ1v) is 5.50. The molecule has 2 heteroatoms. The first-order valence-electron chi connectivity index (χ1n) is 5.50. The third-order valence-electron chi connectivity index (χ3n) is 2.81. The maximum Gasteiger partial charge on any atom is 0.126 e. The van der Waals surface area contributed by atoms with Gasteiger partial charge in [-0.05, 0) is 23.5 Å². The van der Waals surface area contributed by atoms with Gasteiger partial charge in [0, 0.05) is 6.04 Å². The lowest BCUT2D eigenvalue weighted by atomic mass is 9.81. The van der Waals surface area contributed by atoms with E-state index in [-0.39, 0.29) is 17.3 Å². The summed E-state index contributed by atoms with van der Waals surface area (Å²) in [6.07, 6.45) is 0.503. The van der Waals surface area contributed by atoms with Gasteiger partial charge in [0.05, 0.1) is 0 Å². The molecule has 0 heterocycles. The average molecular weight is 221 g/mol. The van der Waals surface area contributed by atoms with E-state index in [4.69, 9.17) is 5.73 Å². The van der Waals surface area contributed by atoms with E-state index in [2.05, 4.69) is 27.4 Å². The van der Waals surface area contributed by atoms with Gasteiger partial charge in [0.25, 0.3) is 0 Å². The Morgan fingerprint density at radius 2 is 1.94 bits per heavy atom. The zero-order valence-corrected chi connectivity index (χ0v) is 10.3. The van der Waals surface area contributed by atoms with Crippen LogP contribution in [-0.4, -0.2) is 6.04 Å². The van der Waals surface area contributed by atoms with Gasteiger partial charge in [0.15, 0.2) is 0 Å². The van der Waals surface area contributed by atoms with Crippen LogP contribution in [0.1, 0.15) is 26.3 Å². The molecule has 1 rings (SSSR count). The topological polar surface area (TPSA) is 26.0 Å². The molecule has 16 heavy (non-hydrogen) atoms. The molecule has 0 aromatic heterocycles. The van der Waals surface area contributed by atoms with Crippen molar-refractivity contribution in [2.24, 2.45) is 11.1 Å². The largest absolute Gasteiger partial charge is 0.324 e. The number of benzene rings is 1. The van der Waals surface area contributed by atoms with E-state index in [1.165, 1.54) is 6.07 Å². The lowest BCUT2D eigenvalue weighted by Crippen LogP contribution is -2.31. The molecule has 0 bridgehead atoms. The molecule has 1 nitrogen and oxygen atoms in total. The van der Waals surface area contributed by atoms with Crippen LogP contribution < -0.4 is 5.73 Å². The molecule has 0 aliphatic heterocycles. The summed E-state index contributed by atoms with van der Waals surface area (Å²) in [5, 5.41) is 0. The van der Waals surface area contributed by atoms with Crippen LogP contribution in [0, 0.1) is 11.2 Å². The summed E-state index contributed by atoms with van der Waals surface area (Å²) in [5.41, 5.74) is 7.61. The van der Waals surface area contributed by atoms with Gasteiger partial charge < -0.3 is 5.73 Å². The van der Waals surface area contributed by atoms with Gasteiger partial charge >= 0.3 is 0 Å². The molecule has 0 amide bonds. The first kappa shape index (κ1) is 12.9. The Morgan fingerprint density at radius 3 is 2.44 bits per heavy atom. The van der Waals surface area contributed by atoms with Gasteiger partial charge in [-0.15, -0.1) is 0 Å². The molecule has 1 aromatic carbocycles. The van der Waals surface area contributed by atoms with Crippen LogP contribution in [0.4, 0.5) is 4.39 Å². The molecule has 0 fully saturated rings. The predicted molar refractivity (Wildman–Crippen MR) is 66.7 cm³/mol. The van der Waals surface area contributed by atoms with Crippen molar-refractivity contribution in [1.82, 2.24) is 0 Å². The second kappa shape index (κ2) is 4.79. The third kappa shape index (κ3) is 3.17. The van der Waals surface area contributed by atoms with Gasteiger partial charge in [0.2, 0.25) is 0 Å². The maximum atomic E-state index is 13.4. The van der Waals surface area contributed by atoms with Gasteiger partial charge in [-0.1, -0.05) is 51.1 Å². The summed E-state index contributed by atoms with van der Waals surface area (Å²) in [7, 11) is 0. The molecule has 2 N–H and O–H groups in total. The van der Waals surface area contributed by atoms with Gasteiger partial charge in [-0.2, -0.15) is 0 Å². The van der Waals surface area contributed by atoms with E-state index < -0.39 is 0 Å². The molecule has 0 aliphatic carbocycles. The quantitative estimate of drug-likeness (QED) is 0.779.